The van der Waals surface area contributed by atoms with Gasteiger partial charge in [0.1, 0.15) is 11.3 Å². The minimum absolute atomic E-state index is 0.0811. The van der Waals surface area contributed by atoms with Gasteiger partial charge < -0.3 is 10.6 Å². The van der Waals surface area contributed by atoms with Gasteiger partial charge in [-0.25, -0.2) is 14.8 Å². The number of hydrogen-bond acceptors (Lipinski definition) is 3. The molecule has 0 spiro atoms. The molecule has 0 bridgehead atoms. The zero-order chi connectivity index (χ0) is 18.5. The number of amides is 2. The third kappa shape index (κ3) is 4.10. The lowest BCUT2D eigenvalue weighted by Gasteiger charge is -2.22. The van der Waals surface area contributed by atoms with Gasteiger partial charge in [0.2, 0.25) is 0 Å². The molecule has 2 amide bonds. The molecule has 3 aromatic rings. The standard InChI is InChI=1S/C21H25N5O/c27-21(24-16-8-3-1-4-9-16)23-15-13-19-25-18-12-7-14-22-20(18)26(19)17-10-5-2-6-11-17/h2,5-7,10-12,14,16H,1,3-4,8-9,13,15H2,(H2,23,24,27). The predicted octanol–water partition coefficient (Wildman–Crippen LogP) is 3.59. The summed E-state index contributed by atoms with van der Waals surface area (Å²) >= 11 is 0. The number of benzene rings is 1. The summed E-state index contributed by atoms with van der Waals surface area (Å²) in [6.45, 7) is 0.536. The molecule has 1 fully saturated rings. The van der Waals surface area contributed by atoms with Crippen LogP contribution < -0.4 is 10.6 Å². The van der Waals surface area contributed by atoms with Crippen LogP contribution in [0.3, 0.4) is 0 Å². The van der Waals surface area contributed by atoms with Gasteiger partial charge >= 0.3 is 6.03 Å². The maximum Gasteiger partial charge on any atom is 0.315 e. The van der Waals surface area contributed by atoms with Gasteiger partial charge in [0, 0.05) is 30.9 Å². The van der Waals surface area contributed by atoms with E-state index >= 15 is 0 Å². The number of hydrogen-bond donors (Lipinski definition) is 2. The first kappa shape index (κ1) is 17.5. The number of carbonyl (C=O) groups is 1. The van der Waals surface area contributed by atoms with Crippen molar-refractivity contribution in [1.29, 1.82) is 0 Å². The fourth-order valence-corrected chi connectivity index (χ4v) is 3.75. The van der Waals surface area contributed by atoms with E-state index in [1.807, 2.05) is 42.5 Å². The van der Waals surface area contributed by atoms with Crippen LogP contribution in [0.1, 0.15) is 37.9 Å². The van der Waals surface area contributed by atoms with Crippen LogP contribution in [0.2, 0.25) is 0 Å². The van der Waals surface area contributed by atoms with Crippen molar-refractivity contribution in [3.8, 4) is 5.69 Å². The molecule has 2 N–H and O–H groups in total. The van der Waals surface area contributed by atoms with Crippen molar-refractivity contribution < 1.29 is 4.79 Å². The summed E-state index contributed by atoms with van der Waals surface area (Å²) < 4.78 is 2.07. The molecule has 1 aliphatic rings. The van der Waals surface area contributed by atoms with Crippen LogP contribution in [0.5, 0.6) is 0 Å². The molecule has 4 rings (SSSR count). The van der Waals surface area contributed by atoms with Crippen LogP contribution in [0, 0.1) is 0 Å². The van der Waals surface area contributed by atoms with Gasteiger partial charge in [-0.1, -0.05) is 37.5 Å². The van der Waals surface area contributed by atoms with E-state index in [9.17, 15) is 4.79 Å². The SMILES string of the molecule is O=C(NCCc1nc2cccnc2n1-c1ccccc1)NC1CCCCC1. The van der Waals surface area contributed by atoms with E-state index in [0.29, 0.717) is 19.0 Å². The van der Waals surface area contributed by atoms with Crippen molar-refractivity contribution in [2.24, 2.45) is 0 Å². The van der Waals surface area contributed by atoms with Crippen molar-refractivity contribution >= 4 is 17.2 Å². The number of carbonyl (C=O) groups excluding carboxylic acids is 1. The summed E-state index contributed by atoms with van der Waals surface area (Å²) in [5, 5.41) is 6.07. The second-order valence-electron chi connectivity index (χ2n) is 7.03. The number of para-hydroxylation sites is 1. The Kier molecular flexibility index (Phi) is 5.32. The van der Waals surface area contributed by atoms with Gasteiger partial charge in [-0.15, -0.1) is 0 Å². The van der Waals surface area contributed by atoms with E-state index in [1.165, 1.54) is 19.3 Å². The van der Waals surface area contributed by atoms with Crippen LogP contribution in [0.25, 0.3) is 16.9 Å². The van der Waals surface area contributed by atoms with Crippen LogP contribution >= 0.6 is 0 Å². The largest absolute Gasteiger partial charge is 0.338 e. The number of nitrogens with one attached hydrogen (secondary N) is 2. The molecular weight excluding hydrogens is 338 g/mol. The molecule has 2 heterocycles. The third-order valence-corrected chi connectivity index (χ3v) is 5.07. The Morgan fingerprint density at radius 2 is 1.89 bits per heavy atom. The van der Waals surface area contributed by atoms with Gasteiger partial charge in [0.05, 0.1) is 0 Å². The number of urea groups is 1. The highest BCUT2D eigenvalue weighted by atomic mass is 16.2. The lowest BCUT2D eigenvalue weighted by atomic mass is 9.96. The van der Waals surface area contributed by atoms with E-state index in [1.54, 1.807) is 6.20 Å². The highest BCUT2D eigenvalue weighted by Gasteiger charge is 2.16. The molecule has 0 saturated heterocycles. The number of rotatable bonds is 5. The Bertz CT molecular complexity index is 899. The Balaban J connectivity index is 1.45. The molecule has 2 aromatic heterocycles. The Morgan fingerprint density at radius 3 is 2.70 bits per heavy atom. The number of fused-ring (bicyclic) bond motifs is 1. The smallest absolute Gasteiger partial charge is 0.315 e. The molecule has 27 heavy (non-hydrogen) atoms. The first-order chi connectivity index (χ1) is 13.3. The maximum atomic E-state index is 12.2. The lowest BCUT2D eigenvalue weighted by molar-refractivity contribution is 0.232. The number of nitrogens with zero attached hydrogens (tertiary/aromatic N) is 3. The van der Waals surface area contributed by atoms with Gasteiger partial charge in [-0.2, -0.15) is 0 Å². The summed E-state index contributed by atoms with van der Waals surface area (Å²) in [6, 6.07) is 14.2. The molecule has 140 valence electrons. The fraction of sp³-hybridized carbons (Fsp3) is 0.381. The van der Waals surface area contributed by atoms with Crippen LogP contribution in [-0.2, 0) is 6.42 Å². The Morgan fingerprint density at radius 1 is 1.07 bits per heavy atom. The maximum absolute atomic E-state index is 12.2. The second kappa shape index (κ2) is 8.20. The third-order valence-electron chi connectivity index (χ3n) is 5.07. The average Bonchev–Trinajstić information content (AvgIpc) is 3.07. The Hall–Kier alpha value is -2.89. The van der Waals surface area contributed by atoms with Crippen molar-refractivity contribution in [1.82, 2.24) is 25.2 Å². The van der Waals surface area contributed by atoms with Crippen molar-refractivity contribution in [3.63, 3.8) is 0 Å². The Labute approximate surface area is 159 Å². The van der Waals surface area contributed by atoms with Gasteiger partial charge in [-0.05, 0) is 37.1 Å². The van der Waals surface area contributed by atoms with E-state index in [-0.39, 0.29) is 6.03 Å². The predicted molar refractivity (Wildman–Crippen MR) is 106 cm³/mol. The molecule has 0 aliphatic heterocycles. The van der Waals surface area contributed by atoms with Crippen molar-refractivity contribution in [2.75, 3.05) is 6.54 Å². The number of pyridine rings is 1. The summed E-state index contributed by atoms with van der Waals surface area (Å²) in [4.78, 5) is 21.4. The first-order valence-electron chi connectivity index (χ1n) is 9.73. The normalized spacial score (nSPS) is 15.0. The molecule has 6 nitrogen and oxygen atoms in total. The summed E-state index contributed by atoms with van der Waals surface area (Å²) in [6.07, 6.45) is 8.29. The van der Waals surface area contributed by atoms with E-state index in [2.05, 4.69) is 20.2 Å². The van der Waals surface area contributed by atoms with Crippen LogP contribution in [-0.4, -0.2) is 33.2 Å². The molecule has 1 aromatic carbocycles. The topological polar surface area (TPSA) is 71.8 Å². The minimum Gasteiger partial charge on any atom is -0.338 e. The minimum atomic E-state index is -0.0811. The van der Waals surface area contributed by atoms with E-state index in [4.69, 9.17) is 4.98 Å². The molecule has 0 radical (unpaired) electrons. The van der Waals surface area contributed by atoms with Crippen LogP contribution in [0.15, 0.2) is 48.7 Å². The fourth-order valence-electron chi connectivity index (χ4n) is 3.75. The van der Waals surface area contributed by atoms with Crippen LogP contribution in [0.4, 0.5) is 4.79 Å². The first-order valence-corrected chi connectivity index (χ1v) is 9.73. The molecular formula is C21H25N5O. The number of imidazole rings is 1. The van der Waals surface area contributed by atoms with Crippen molar-refractivity contribution in [2.45, 2.75) is 44.6 Å². The quantitative estimate of drug-likeness (QED) is 0.728. The molecule has 1 aliphatic carbocycles. The average molecular weight is 363 g/mol. The zero-order valence-electron chi connectivity index (χ0n) is 15.4. The highest BCUT2D eigenvalue weighted by Crippen LogP contribution is 2.20. The zero-order valence-corrected chi connectivity index (χ0v) is 15.4. The van der Waals surface area contributed by atoms with Crippen molar-refractivity contribution in [3.05, 3.63) is 54.5 Å². The second-order valence-corrected chi connectivity index (χ2v) is 7.03. The summed E-state index contributed by atoms with van der Waals surface area (Å²) in [5.74, 6) is 0.896. The summed E-state index contributed by atoms with van der Waals surface area (Å²) in [7, 11) is 0. The molecule has 0 unspecified atom stereocenters. The van der Waals surface area contributed by atoms with E-state index in [0.717, 1.165) is 35.5 Å². The molecule has 1 saturated carbocycles. The summed E-state index contributed by atoms with van der Waals surface area (Å²) in [5.41, 5.74) is 2.73. The number of aromatic nitrogens is 3. The molecule has 6 heteroatoms. The molecule has 0 atom stereocenters. The van der Waals surface area contributed by atoms with Gasteiger partial charge in [0.25, 0.3) is 0 Å². The monoisotopic (exact) mass is 363 g/mol. The van der Waals surface area contributed by atoms with Gasteiger partial charge in [-0.3, -0.25) is 4.57 Å². The van der Waals surface area contributed by atoms with E-state index < -0.39 is 0 Å². The lowest BCUT2D eigenvalue weighted by Crippen LogP contribution is -2.43. The van der Waals surface area contributed by atoms with Gasteiger partial charge in [0.15, 0.2) is 5.65 Å². The highest BCUT2D eigenvalue weighted by molar-refractivity contribution is 5.75.